The number of aliphatic hydroxyl groups excluding tert-OH is 1. The van der Waals surface area contributed by atoms with Crippen molar-refractivity contribution >= 4 is 23.4 Å². The van der Waals surface area contributed by atoms with Gasteiger partial charge in [0.15, 0.2) is 0 Å². The molecule has 2 aromatic carbocycles. The molecule has 1 spiro atoms. The van der Waals surface area contributed by atoms with Crippen LogP contribution < -0.4 is 9.64 Å². The molecule has 3 saturated heterocycles. The van der Waals surface area contributed by atoms with E-state index in [1.54, 1.807) is 22.0 Å². The van der Waals surface area contributed by atoms with Crippen molar-refractivity contribution in [1.82, 2.24) is 9.80 Å². The van der Waals surface area contributed by atoms with Gasteiger partial charge in [0.1, 0.15) is 17.4 Å². The van der Waals surface area contributed by atoms with Gasteiger partial charge in [0.25, 0.3) is 0 Å². The number of benzene rings is 2. The zero-order valence-corrected chi connectivity index (χ0v) is 25.8. The highest BCUT2D eigenvalue weighted by molar-refractivity contribution is 6.03. The zero-order valence-electron chi connectivity index (χ0n) is 25.8. The average molecular weight is 602 g/mol. The van der Waals surface area contributed by atoms with Crippen LogP contribution in [0.5, 0.6) is 5.75 Å². The van der Waals surface area contributed by atoms with E-state index >= 15 is 0 Å². The molecule has 5 rings (SSSR count). The van der Waals surface area contributed by atoms with E-state index < -0.39 is 35.6 Å². The van der Waals surface area contributed by atoms with E-state index in [9.17, 15) is 19.5 Å². The topological polar surface area (TPSA) is 99.6 Å². The summed E-state index contributed by atoms with van der Waals surface area (Å²) in [5, 5.41) is 10.7. The van der Waals surface area contributed by atoms with E-state index in [0.29, 0.717) is 43.0 Å². The first kappa shape index (κ1) is 31.5. The Morgan fingerprint density at radius 2 is 1.77 bits per heavy atom. The first-order valence-electron chi connectivity index (χ1n) is 15.5. The van der Waals surface area contributed by atoms with Crippen molar-refractivity contribution in [2.75, 3.05) is 31.2 Å². The Morgan fingerprint density at radius 1 is 1.09 bits per heavy atom. The number of hydrogen-bond acceptors (Lipinski definition) is 6. The fraction of sp³-hybridized carbons (Fsp3) is 0.457. The number of rotatable bonds is 13. The van der Waals surface area contributed by atoms with Crippen LogP contribution in [-0.4, -0.2) is 82.7 Å². The molecule has 0 radical (unpaired) electrons. The van der Waals surface area contributed by atoms with Crippen molar-refractivity contribution in [3.8, 4) is 5.75 Å². The van der Waals surface area contributed by atoms with Gasteiger partial charge in [0.2, 0.25) is 17.7 Å². The molecule has 3 amide bonds. The van der Waals surface area contributed by atoms with E-state index in [-0.39, 0.29) is 36.9 Å². The van der Waals surface area contributed by atoms with Crippen molar-refractivity contribution in [2.45, 2.75) is 63.4 Å². The van der Waals surface area contributed by atoms with E-state index in [4.69, 9.17) is 9.47 Å². The minimum absolute atomic E-state index is 0.170. The Morgan fingerprint density at radius 3 is 2.36 bits per heavy atom. The van der Waals surface area contributed by atoms with Gasteiger partial charge >= 0.3 is 0 Å². The maximum absolute atomic E-state index is 14.7. The normalized spacial score (nSPS) is 25.9. The third-order valence-electron chi connectivity index (χ3n) is 9.22. The van der Waals surface area contributed by atoms with E-state index in [1.807, 2.05) is 75.4 Å². The molecule has 44 heavy (non-hydrogen) atoms. The van der Waals surface area contributed by atoms with Crippen LogP contribution in [0.2, 0.25) is 0 Å². The number of nitrogens with zero attached hydrogens (tertiary/aromatic N) is 3. The third kappa shape index (κ3) is 5.22. The second-order valence-electron chi connectivity index (χ2n) is 11.9. The van der Waals surface area contributed by atoms with Gasteiger partial charge < -0.3 is 29.3 Å². The second kappa shape index (κ2) is 13.0. The smallest absolute Gasteiger partial charge is 0.248 e. The molecule has 9 nitrogen and oxygen atoms in total. The second-order valence-corrected chi connectivity index (χ2v) is 11.9. The van der Waals surface area contributed by atoms with Crippen molar-refractivity contribution in [2.24, 2.45) is 11.8 Å². The number of amides is 3. The molecule has 2 aromatic rings. The molecule has 3 aliphatic rings. The number of ether oxygens (including phenoxy) is 2. The molecule has 3 aliphatic heterocycles. The van der Waals surface area contributed by atoms with E-state index in [2.05, 4.69) is 13.2 Å². The Labute approximate surface area is 259 Å². The summed E-state index contributed by atoms with van der Waals surface area (Å²) in [6.45, 7) is 14.1. The lowest BCUT2D eigenvalue weighted by Crippen LogP contribution is -2.58. The maximum Gasteiger partial charge on any atom is 0.248 e. The summed E-state index contributed by atoms with van der Waals surface area (Å²) in [6, 6.07) is 14.5. The van der Waals surface area contributed by atoms with Crippen LogP contribution in [0.3, 0.4) is 0 Å². The summed E-state index contributed by atoms with van der Waals surface area (Å²) in [7, 11) is 0. The molecule has 234 valence electrons. The number of hydrogen-bond donors (Lipinski definition) is 1. The van der Waals surface area contributed by atoms with Gasteiger partial charge in [-0.1, -0.05) is 42.5 Å². The Hall–Kier alpha value is -3.95. The predicted octanol–water partition coefficient (Wildman–Crippen LogP) is 4.14. The number of anilines is 1. The Kier molecular flexibility index (Phi) is 9.27. The number of carbonyl (C=O) groups excluding carboxylic acids is 3. The summed E-state index contributed by atoms with van der Waals surface area (Å²) in [4.78, 5) is 48.5. The molecule has 2 bridgehead atoms. The summed E-state index contributed by atoms with van der Waals surface area (Å²) >= 11 is 0. The van der Waals surface area contributed by atoms with E-state index in [0.717, 1.165) is 0 Å². The van der Waals surface area contributed by atoms with Gasteiger partial charge in [-0.05, 0) is 63.4 Å². The van der Waals surface area contributed by atoms with E-state index in [1.165, 1.54) is 4.90 Å². The highest BCUT2D eigenvalue weighted by Crippen LogP contribution is 2.60. The van der Waals surface area contributed by atoms with Crippen LogP contribution in [0, 0.1) is 11.8 Å². The summed E-state index contributed by atoms with van der Waals surface area (Å²) in [5.41, 5.74) is 0.158. The largest absolute Gasteiger partial charge is 0.494 e. The maximum atomic E-state index is 14.7. The molecule has 6 atom stereocenters. The first-order chi connectivity index (χ1) is 21.2. The van der Waals surface area contributed by atoms with Crippen molar-refractivity contribution in [3.05, 3.63) is 85.5 Å². The van der Waals surface area contributed by atoms with Gasteiger partial charge in [0.05, 0.1) is 37.2 Å². The molecule has 0 aromatic heterocycles. The van der Waals surface area contributed by atoms with Crippen LogP contribution in [0.15, 0.2) is 79.9 Å². The molecule has 0 aliphatic carbocycles. The molecule has 1 N–H and O–H groups in total. The Balaban J connectivity index is 1.59. The summed E-state index contributed by atoms with van der Waals surface area (Å²) in [6.07, 6.45) is 3.81. The molecule has 0 saturated carbocycles. The lowest BCUT2D eigenvalue weighted by molar-refractivity contribution is -0.152. The number of fused-ring (bicyclic) bond motifs is 1. The van der Waals surface area contributed by atoms with Crippen LogP contribution in [-0.2, 0) is 19.1 Å². The van der Waals surface area contributed by atoms with Gasteiger partial charge in [0, 0.05) is 24.8 Å². The lowest BCUT2D eigenvalue weighted by atomic mass is 9.70. The molecule has 3 fully saturated rings. The van der Waals surface area contributed by atoms with Crippen LogP contribution in [0.25, 0.3) is 0 Å². The molecule has 3 heterocycles. The molecule has 2 unspecified atom stereocenters. The summed E-state index contributed by atoms with van der Waals surface area (Å²) in [5.74, 6) is -1.86. The minimum Gasteiger partial charge on any atom is -0.494 e. The quantitative estimate of drug-likeness (QED) is 0.347. The van der Waals surface area contributed by atoms with Gasteiger partial charge in [-0.25, -0.2) is 0 Å². The average Bonchev–Trinajstić information content (AvgIpc) is 3.67. The Bertz CT molecular complexity index is 1380. The number of likely N-dealkylation sites (tertiary alicyclic amines) is 1. The standard InChI is InChI=1S/C35H43N3O6/c1-6-20-36(23(4)5)34(42)31-35-19-18-28(44-35)29(30(35)33(41)38(31)27(22-39)24-12-10-9-11-13-24)32(40)37(21-7-2)25-14-16-26(17-15-25)43-8-3/h6-7,9-17,23,27-31,39H,1-2,8,18-22H2,3-5H3/t27-,28+,29-,30+,31?,35?/m1/s1. The van der Waals surface area contributed by atoms with Crippen LogP contribution in [0.1, 0.15) is 45.2 Å². The van der Waals surface area contributed by atoms with Crippen LogP contribution >= 0.6 is 0 Å². The van der Waals surface area contributed by atoms with Gasteiger partial charge in [-0.15, -0.1) is 13.2 Å². The van der Waals surface area contributed by atoms with Gasteiger partial charge in [-0.3, -0.25) is 14.4 Å². The fourth-order valence-electron chi connectivity index (χ4n) is 7.39. The monoisotopic (exact) mass is 601 g/mol. The number of carbonyl (C=O) groups is 3. The SMILES string of the molecule is C=CCN(C(=O)[C@@H]1[C@@H]2CCC3(O2)C(C(=O)N(CC=C)C(C)C)N([C@H](CO)c2ccccc2)C(=O)[C@H]13)c1ccc(OCC)cc1. The first-order valence-corrected chi connectivity index (χ1v) is 15.5. The molecular weight excluding hydrogens is 558 g/mol. The molecular formula is C35H43N3O6. The highest BCUT2D eigenvalue weighted by Gasteiger charge is 2.75. The van der Waals surface area contributed by atoms with Crippen LogP contribution in [0.4, 0.5) is 5.69 Å². The highest BCUT2D eigenvalue weighted by atomic mass is 16.5. The minimum atomic E-state index is -1.20. The zero-order chi connectivity index (χ0) is 31.6. The van der Waals surface area contributed by atoms with Crippen molar-refractivity contribution < 1.29 is 29.0 Å². The van der Waals surface area contributed by atoms with Crippen molar-refractivity contribution in [3.63, 3.8) is 0 Å². The summed E-state index contributed by atoms with van der Waals surface area (Å²) < 4.78 is 12.3. The third-order valence-corrected chi connectivity index (χ3v) is 9.22. The molecule has 9 heteroatoms. The lowest BCUT2D eigenvalue weighted by Gasteiger charge is -2.40. The van der Waals surface area contributed by atoms with Crippen molar-refractivity contribution in [1.29, 1.82) is 0 Å². The fourth-order valence-corrected chi connectivity index (χ4v) is 7.39. The predicted molar refractivity (Wildman–Crippen MR) is 168 cm³/mol. The number of aliphatic hydroxyl groups is 1. The van der Waals surface area contributed by atoms with Gasteiger partial charge in [-0.2, -0.15) is 0 Å².